The Morgan fingerprint density at radius 1 is 1.50 bits per heavy atom. The standard InChI is InChI=1S/C13H21BrN2O2/c1-9-12(14)10(16(2)15-9)8-11(17)13(18-3)6-4-5-7-13/h11,17H,4-8H2,1-3H3. The molecule has 0 bridgehead atoms. The quantitative estimate of drug-likeness (QED) is 0.927. The molecule has 1 aliphatic rings. The molecule has 2 rings (SSSR count). The fourth-order valence-corrected chi connectivity index (χ4v) is 3.42. The Balaban J connectivity index is 2.18. The topological polar surface area (TPSA) is 47.3 Å². The molecule has 0 aromatic carbocycles. The summed E-state index contributed by atoms with van der Waals surface area (Å²) in [7, 11) is 3.62. The van der Waals surface area contributed by atoms with Crippen molar-refractivity contribution >= 4 is 15.9 Å². The van der Waals surface area contributed by atoms with Gasteiger partial charge in [0.1, 0.15) is 0 Å². The molecular formula is C13H21BrN2O2. The van der Waals surface area contributed by atoms with Crippen LogP contribution in [0.4, 0.5) is 0 Å². The van der Waals surface area contributed by atoms with E-state index in [0.717, 1.165) is 41.5 Å². The number of halogens is 1. The normalized spacial score (nSPS) is 20.3. The maximum Gasteiger partial charge on any atom is 0.0940 e. The molecule has 1 saturated carbocycles. The highest BCUT2D eigenvalue weighted by Crippen LogP contribution is 2.37. The first-order valence-corrected chi connectivity index (χ1v) is 7.20. The maximum absolute atomic E-state index is 10.5. The van der Waals surface area contributed by atoms with Crippen LogP contribution < -0.4 is 0 Å². The third-order valence-electron chi connectivity index (χ3n) is 4.11. The van der Waals surface area contributed by atoms with Crippen molar-refractivity contribution in [2.45, 2.75) is 50.7 Å². The maximum atomic E-state index is 10.5. The Morgan fingerprint density at radius 3 is 2.56 bits per heavy atom. The lowest BCUT2D eigenvalue weighted by Crippen LogP contribution is -2.43. The van der Waals surface area contributed by atoms with Crippen LogP contribution in [0, 0.1) is 6.92 Å². The number of aliphatic hydroxyl groups is 1. The van der Waals surface area contributed by atoms with E-state index in [1.807, 2.05) is 18.7 Å². The van der Waals surface area contributed by atoms with Crippen molar-refractivity contribution in [2.75, 3.05) is 7.11 Å². The van der Waals surface area contributed by atoms with Gasteiger partial charge in [0.25, 0.3) is 0 Å². The van der Waals surface area contributed by atoms with Gasteiger partial charge in [-0.05, 0) is 35.7 Å². The number of methoxy groups -OCH3 is 1. The van der Waals surface area contributed by atoms with Crippen molar-refractivity contribution in [3.63, 3.8) is 0 Å². The molecular weight excluding hydrogens is 296 g/mol. The summed E-state index contributed by atoms with van der Waals surface area (Å²) in [6.07, 6.45) is 4.26. The van der Waals surface area contributed by atoms with E-state index in [2.05, 4.69) is 21.0 Å². The van der Waals surface area contributed by atoms with Gasteiger partial charge < -0.3 is 9.84 Å². The molecule has 5 heteroatoms. The van der Waals surface area contributed by atoms with E-state index in [1.165, 1.54) is 0 Å². The Kier molecular flexibility index (Phi) is 4.14. The minimum atomic E-state index is -0.476. The molecule has 1 atom stereocenters. The molecule has 4 nitrogen and oxygen atoms in total. The number of ether oxygens (including phenoxy) is 1. The second kappa shape index (κ2) is 5.31. The summed E-state index contributed by atoms with van der Waals surface area (Å²) in [5, 5.41) is 14.9. The fraction of sp³-hybridized carbons (Fsp3) is 0.769. The Morgan fingerprint density at radius 2 is 2.11 bits per heavy atom. The van der Waals surface area contributed by atoms with Gasteiger partial charge in [-0.3, -0.25) is 4.68 Å². The molecule has 18 heavy (non-hydrogen) atoms. The number of nitrogens with zero attached hydrogens (tertiary/aromatic N) is 2. The van der Waals surface area contributed by atoms with Crippen molar-refractivity contribution < 1.29 is 9.84 Å². The highest BCUT2D eigenvalue weighted by atomic mass is 79.9. The van der Waals surface area contributed by atoms with Crippen LogP contribution in [0.25, 0.3) is 0 Å². The van der Waals surface area contributed by atoms with Crippen LogP contribution in [0.3, 0.4) is 0 Å². The molecule has 0 saturated heterocycles. The molecule has 102 valence electrons. The number of hydrogen-bond donors (Lipinski definition) is 1. The van der Waals surface area contributed by atoms with E-state index in [0.29, 0.717) is 6.42 Å². The Bertz CT molecular complexity index is 425. The van der Waals surface area contributed by atoms with E-state index >= 15 is 0 Å². The average Bonchev–Trinajstić information content (AvgIpc) is 2.91. The molecule has 0 aliphatic heterocycles. The van der Waals surface area contributed by atoms with E-state index in [1.54, 1.807) is 7.11 Å². The van der Waals surface area contributed by atoms with E-state index in [9.17, 15) is 5.11 Å². The number of rotatable bonds is 4. The minimum absolute atomic E-state index is 0.363. The van der Waals surface area contributed by atoms with Crippen LogP contribution in [-0.2, 0) is 18.2 Å². The zero-order chi connectivity index (χ0) is 13.3. The number of aliphatic hydroxyl groups excluding tert-OH is 1. The average molecular weight is 317 g/mol. The monoisotopic (exact) mass is 316 g/mol. The first-order valence-electron chi connectivity index (χ1n) is 6.41. The molecule has 1 fully saturated rings. The van der Waals surface area contributed by atoms with Gasteiger partial charge in [-0.15, -0.1) is 0 Å². The van der Waals surface area contributed by atoms with Gasteiger partial charge in [0.15, 0.2) is 0 Å². The molecule has 1 N–H and O–H groups in total. The first kappa shape index (κ1) is 14.0. The predicted molar refractivity (Wildman–Crippen MR) is 73.6 cm³/mol. The van der Waals surface area contributed by atoms with Gasteiger partial charge in [-0.25, -0.2) is 0 Å². The molecule has 1 aromatic heterocycles. The van der Waals surface area contributed by atoms with Crippen LogP contribution in [0.1, 0.15) is 37.1 Å². The fourth-order valence-electron chi connectivity index (χ4n) is 2.92. The lowest BCUT2D eigenvalue weighted by Gasteiger charge is -2.33. The van der Waals surface area contributed by atoms with E-state index in [4.69, 9.17) is 4.74 Å². The molecule has 0 amide bonds. The van der Waals surface area contributed by atoms with Gasteiger partial charge in [0, 0.05) is 20.6 Å². The van der Waals surface area contributed by atoms with Gasteiger partial charge in [0.2, 0.25) is 0 Å². The van der Waals surface area contributed by atoms with Crippen molar-refractivity contribution in [3.05, 3.63) is 15.9 Å². The second-order valence-electron chi connectivity index (χ2n) is 5.17. The molecule has 1 unspecified atom stereocenters. The van der Waals surface area contributed by atoms with Crippen LogP contribution >= 0.6 is 15.9 Å². The second-order valence-corrected chi connectivity index (χ2v) is 5.96. The molecule has 0 radical (unpaired) electrons. The summed E-state index contributed by atoms with van der Waals surface area (Å²) < 4.78 is 8.45. The van der Waals surface area contributed by atoms with Crippen molar-refractivity contribution in [2.24, 2.45) is 7.05 Å². The highest BCUT2D eigenvalue weighted by Gasteiger charge is 2.41. The van der Waals surface area contributed by atoms with Crippen molar-refractivity contribution in [1.82, 2.24) is 9.78 Å². The summed E-state index contributed by atoms with van der Waals surface area (Å²) in [6.45, 7) is 1.96. The number of hydrogen-bond acceptors (Lipinski definition) is 3. The molecule has 0 spiro atoms. The minimum Gasteiger partial charge on any atom is -0.390 e. The number of aromatic nitrogens is 2. The predicted octanol–water partition coefficient (Wildman–Crippen LogP) is 2.35. The summed E-state index contributed by atoms with van der Waals surface area (Å²) in [5.74, 6) is 0. The van der Waals surface area contributed by atoms with Gasteiger partial charge >= 0.3 is 0 Å². The third kappa shape index (κ3) is 2.36. The molecule has 1 heterocycles. The van der Waals surface area contributed by atoms with Gasteiger partial charge in [0.05, 0.1) is 27.6 Å². The van der Waals surface area contributed by atoms with E-state index < -0.39 is 6.10 Å². The number of aryl methyl sites for hydroxylation is 2. The van der Waals surface area contributed by atoms with Crippen LogP contribution in [0.2, 0.25) is 0 Å². The Hall–Kier alpha value is -0.390. The van der Waals surface area contributed by atoms with Crippen molar-refractivity contribution in [3.8, 4) is 0 Å². The van der Waals surface area contributed by atoms with Crippen LogP contribution in [0.5, 0.6) is 0 Å². The lowest BCUT2D eigenvalue weighted by atomic mass is 9.91. The summed E-state index contributed by atoms with van der Waals surface area (Å²) in [5.41, 5.74) is 1.62. The first-order chi connectivity index (χ1) is 8.50. The van der Waals surface area contributed by atoms with Crippen molar-refractivity contribution in [1.29, 1.82) is 0 Å². The Labute approximate surface area is 116 Å². The summed E-state index contributed by atoms with van der Waals surface area (Å²) in [6, 6.07) is 0. The summed E-state index contributed by atoms with van der Waals surface area (Å²) in [4.78, 5) is 0. The third-order valence-corrected chi connectivity index (χ3v) is 5.14. The smallest absolute Gasteiger partial charge is 0.0940 e. The van der Waals surface area contributed by atoms with E-state index in [-0.39, 0.29) is 5.60 Å². The molecule has 1 aromatic rings. The van der Waals surface area contributed by atoms with Crippen LogP contribution in [-0.4, -0.2) is 33.7 Å². The zero-order valence-electron chi connectivity index (χ0n) is 11.2. The zero-order valence-corrected chi connectivity index (χ0v) is 12.8. The summed E-state index contributed by atoms with van der Waals surface area (Å²) >= 11 is 3.54. The SMILES string of the molecule is COC1(C(O)Cc2c(Br)c(C)nn2C)CCCC1. The largest absolute Gasteiger partial charge is 0.390 e. The highest BCUT2D eigenvalue weighted by molar-refractivity contribution is 9.10. The van der Waals surface area contributed by atoms with Crippen LogP contribution in [0.15, 0.2) is 4.47 Å². The lowest BCUT2D eigenvalue weighted by molar-refractivity contribution is -0.0976. The van der Waals surface area contributed by atoms with Gasteiger partial charge in [-0.1, -0.05) is 12.8 Å². The van der Waals surface area contributed by atoms with Gasteiger partial charge in [-0.2, -0.15) is 5.10 Å². The molecule has 1 aliphatic carbocycles.